The summed E-state index contributed by atoms with van der Waals surface area (Å²) in [5, 5.41) is 2.65. The third-order valence-electron chi connectivity index (χ3n) is 3.97. The van der Waals surface area contributed by atoms with Crippen molar-refractivity contribution < 1.29 is 19.1 Å². The van der Waals surface area contributed by atoms with Gasteiger partial charge >= 0.3 is 6.09 Å². The topological polar surface area (TPSA) is 67.9 Å². The zero-order valence-corrected chi connectivity index (χ0v) is 17.3. The Morgan fingerprint density at radius 2 is 1.71 bits per heavy atom. The average molecular weight is 384 g/mol. The molecule has 0 saturated heterocycles. The molecule has 0 saturated carbocycles. The van der Waals surface area contributed by atoms with Crippen LogP contribution in [0.2, 0.25) is 0 Å². The van der Waals surface area contributed by atoms with Crippen molar-refractivity contribution >= 4 is 17.7 Å². The van der Waals surface area contributed by atoms with Crippen LogP contribution < -0.4 is 10.1 Å². The van der Waals surface area contributed by atoms with Gasteiger partial charge in [-0.05, 0) is 58.0 Å². The third kappa shape index (κ3) is 6.01. The molecule has 2 aromatic rings. The lowest BCUT2D eigenvalue weighted by molar-refractivity contribution is 0.0635. The number of benzene rings is 2. The van der Waals surface area contributed by atoms with Crippen molar-refractivity contribution in [3.8, 4) is 5.75 Å². The maximum Gasteiger partial charge on any atom is 0.412 e. The van der Waals surface area contributed by atoms with Crippen LogP contribution in [0.25, 0.3) is 0 Å². The fourth-order valence-electron chi connectivity index (χ4n) is 2.70. The molecule has 28 heavy (non-hydrogen) atoms. The molecule has 2 amide bonds. The summed E-state index contributed by atoms with van der Waals surface area (Å²) in [6.07, 6.45) is -0.532. The number of methoxy groups -OCH3 is 1. The number of hydrogen-bond acceptors (Lipinski definition) is 4. The second-order valence-corrected chi connectivity index (χ2v) is 7.68. The van der Waals surface area contributed by atoms with Gasteiger partial charge in [-0.3, -0.25) is 10.1 Å². The van der Waals surface area contributed by atoms with E-state index < -0.39 is 11.7 Å². The minimum atomic E-state index is -0.570. The second kappa shape index (κ2) is 8.78. The van der Waals surface area contributed by atoms with Crippen LogP contribution in [-0.2, 0) is 11.3 Å². The Bertz CT molecular complexity index is 839. The Morgan fingerprint density at radius 3 is 2.29 bits per heavy atom. The summed E-state index contributed by atoms with van der Waals surface area (Å²) in [6.45, 7) is 7.83. The number of nitrogens with one attached hydrogen (secondary N) is 1. The van der Waals surface area contributed by atoms with Gasteiger partial charge < -0.3 is 14.4 Å². The van der Waals surface area contributed by atoms with Crippen molar-refractivity contribution in [3.63, 3.8) is 0 Å². The molecule has 0 atom stereocenters. The van der Waals surface area contributed by atoms with Crippen molar-refractivity contribution in [2.75, 3.05) is 19.5 Å². The summed E-state index contributed by atoms with van der Waals surface area (Å²) >= 11 is 0. The maximum atomic E-state index is 12.7. The molecule has 2 rings (SSSR count). The van der Waals surface area contributed by atoms with Gasteiger partial charge in [0.05, 0.1) is 7.11 Å². The molecule has 0 fully saturated rings. The number of nitrogens with zero attached hydrogens (tertiary/aromatic N) is 1. The zero-order chi connectivity index (χ0) is 20.9. The quantitative estimate of drug-likeness (QED) is 0.817. The summed E-state index contributed by atoms with van der Waals surface area (Å²) in [4.78, 5) is 26.2. The summed E-state index contributed by atoms with van der Waals surface area (Å²) < 4.78 is 10.6. The predicted molar refractivity (Wildman–Crippen MR) is 110 cm³/mol. The number of anilines is 1. The lowest BCUT2D eigenvalue weighted by Crippen LogP contribution is -2.27. The monoisotopic (exact) mass is 384 g/mol. The fourth-order valence-corrected chi connectivity index (χ4v) is 2.70. The van der Waals surface area contributed by atoms with E-state index in [0.29, 0.717) is 17.8 Å². The molecule has 0 aromatic heterocycles. The number of ether oxygens (including phenoxy) is 2. The zero-order valence-electron chi connectivity index (χ0n) is 17.3. The highest BCUT2D eigenvalue weighted by atomic mass is 16.6. The highest BCUT2D eigenvalue weighted by Gasteiger charge is 2.17. The Hall–Kier alpha value is -3.02. The van der Waals surface area contributed by atoms with Crippen molar-refractivity contribution in [2.45, 2.75) is 39.8 Å². The van der Waals surface area contributed by atoms with Crippen LogP contribution in [-0.4, -0.2) is 36.7 Å². The van der Waals surface area contributed by atoms with Crippen molar-refractivity contribution in [2.24, 2.45) is 0 Å². The largest absolute Gasteiger partial charge is 0.496 e. The van der Waals surface area contributed by atoms with E-state index in [0.717, 1.165) is 16.9 Å². The van der Waals surface area contributed by atoms with Crippen LogP contribution in [0, 0.1) is 6.92 Å². The van der Waals surface area contributed by atoms with Gasteiger partial charge in [0.2, 0.25) is 0 Å². The standard InChI is InChI=1S/C22H28N2O4/c1-15-7-12-19(27-6)17(13-15)14-24(5)20(25)16-8-10-18(11-9-16)23-21(26)28-22(2,3)4/h7-13H,14H2,1-6H3,(H,23,26). The molecule has 0 heterocycles. The highest BCUT2D eigenvalue weighted by Crippen LogP contribution is 2.22. The van der Waals surface area contributed by atoms with E-state index in [1.54, 1.807) is 64.1 Å². The maximum absolute atomic E-state index is 12.7. The van der Waals surface area contributed by atoms with Crippen LogP contribution in [0.3, 0.4) is 0 Å². The average Bonchev–Trinajstić information content (AvgIpc) is 2.60. The smallest absolute Gasteiger partial charge is 0.412 e. The van der Waals surface area contributed by atoms with Crippen LogP contribution >= 0.6 is 0 Å². The number of aryl methyl sites for hydroxylation is 1. The Morgan fingerprint density at radius 1 is 1.07 bits per heavy atom. The van der Waals surface area contributed by atoms with Crippen LogP contribution in [0.4, 0.5) is 10.5 Å². The van der Waals surface area contributed by atoms with Gasteiger partial charge in [0.1, 0.15) is 11.4 Å². The molecule has 2 aromatic carbocycles. The minimum Gasteiger partial charge on any atom is -0.496 e. The summed E-state index contributed by atoms with van der Waals surface area (Å²) in [6, 6.07) is 12.6. The van der Waals surface area contributed by atoms with Gasteiger partial charge in [-0.25, -0.2) is 4.79 Å². The molecule has 150 valence electrons. The first kappa shape index (κ1) is 21.3. The highest BCUT2D eigenvalue weighted by molar-refractivity contribution is 5.95. The molecule has 0 aliphatic rings. The molecular weight excluding hydrogens is 356 g/mol. The minimum absolute atomic E-state index is 0.118. The van der Waals surface area contributed by atoms with Gasteiger partial charge in [0.15, 0.2) is 0 Å². The molecular formula is C22H28N2O4. The van der Waals surface area contributed by atoms with E-state index in [9.17, 15) is 9.59 Å². The molecule has 0 radical (unpaired) electrons. The van der Waals surface area contributed by atoms with Crippen LogP contribution in [0.1, 0.15) is 42.3 Å². The molecule has 6 heteroatoms. The molecule has 0 aliphatic heterocycles. The van der Waals surface area contributed by atoms with E-state index in [4.69, 9.17) is 9.47 Å². The van der Waals surface area contributed by atoms with E-state index in [2.05, 4.69) is 5.32 Å². The normalized spacial score (nSPS) is 10.9. The van der Waals surface area contributed by atoms with Gasteiger partial charge in [-0.1, -0.05) is 17.7 Å². The van der Waals surface area contributed by atoms with Crippen molar-refractivity contribution in [3.05, 3.63) is 59.2 Å². The first-order valence-corrected chi connectivity index (χ1v) is 9.08. The summed E-state index contributed by atoms with van der Waals surface area (Å²) in [7, 11) is 3.36. The van der Waals surface area contributed by atoms with Crippen molar-refractivity contribution in [1.82, 2.24) is 4.90 Å². The number of rotatable bonds is 5. The lowest BCUT2D eigenvalue weighted by atomic mass is 10.1. The van der Waals surface area contributed by atoms with Gasteiger partial charge in [-0.2, -0.15) is 0 Å². The first-order chi connectivity index (χ1) is 13.1. The summed E-state index contributed by atoms with van der Waals surface area (Å²) in [5.41, 5.74) is 2.58. The van der Waals surface area contributed by atoms with E-state index in [1.807, 2.05) is 25.1 Å². The van der Waals surface area contributed by atoms with Crippen LogP contribution in [0.5, 0.6) is 5.75 Å². The predicted octanol–water partition coefficient (Wildman–Crippen LogP) is 4.62. The second-order valence-electron chi connectivity index (χ2n) is 7.68. The van der Waals surface area contributed by atoms with Gasteiger partial charge in [-0.15, -0.1) is 0 Å². The molecule has 0 aliphatic carbocycles. The third-order valence-corrected chi connectivity index (χ3v) is 3.97. The van der Waals surface area contributed by atoms with E-state index >= 15 is 0 Å². The van der Waals surface area contributed by atoms with E-state index in [-0.39, 0.29) is 5.91 Å². The van der Waals surface area contributed by atoms with Gasteiger partial charge in [0.25, 0.3) is 5.91 Å². The van der Waals surface area contributed by atoms with E-state index in [1.165, 1.54) is 0 Å². The molecule has 0 bridgehead atoms. The molecule has 0 spiro atoms. The molecule has 6 nitrogen and oxygen atoms in total. The first-order valence-electron chi connectivity index (χ1n) is 9.08. The number of carbonyl (C=O) groups excluding carboxylic acids is 2. The Kier molecular flexibility index (Phi) is 6.67. The Labute approximate surface area is 166 Å². The van der Waals surface area contributed by atoms with Gasteiger partial charge in [0, 0.05) is 30.4 Å². The molecule has 1 N–H and O–H groups in total. The number of amides is 2. The van der Waals surface area contributed by atoms with Crippen LogP contribution in [0.15, 0.2) is 42.5 Å². The SMILES string of the molecule is COc1ccc(C)cc1CN(C)C(=O)c1ccc(NC(=O)OC(C)(C)C)cc1. The fraction of sp³-hybridized carbons (Fsp3) is 0.364. The number of hydrogen-bond donors (Lipinski definition) is 1. The number of carbonyl (C=O) groups is 2. The van der Waals surface area contributed by atoms with Crippen molar-refractivity contribution in [1.29, 1.82) is 0 Å². The summed E-state index contributed by atoms with van der Waals surface area (Å²) in [5.74, 6) is 0.634. The Balaban J connectivity index is 2.04. The molecule has 0 unspecified atom stereocenters. The lowest BCUT2D eigenvalue weighted by Gasteiger charge is -2.20.